The molecular formula is C25H27F3N4O3. The second kappa shape index (κ2) is 9.77. The lowest BCUT2D eigenvalue weighted by Gasteiger charge is -2.26. The lowest BCUT2D eigenvalue weighted by Crippen LogP contribution is -2.18. The summed E-state index contributed by atoms with van der Waals surface area (Å²) in [6.45, 7) is 3.64. The normalized spacial score (nSPS) is 18.5. The number of pyridine rings is 2. The van der Waals surface area contributed by atoms with Gasteiger partial charge in [0.2, 0.25) is 0 Å². The summed E-state index contributed by atoms with van der Waals surface area (Å²) in [5.41, 5.74) is 2.65. The van der Waals surface area contributed by atoms with Crippen LogP contribution >= 0.6 is 0 Å². The summed E-state index contributed by atoms with van der Waals surface area (Å²) >= 11 is 0. The molecular weight excluding hydrogens is 461 g/mol. The summed E-state index contributed by atoms with van der Waals surface area (Å²) in [4.78, 5) is 21.6. The third-order valence-corrected chi connectivity index (χ3v) is 6.51. The van der Waals surface area contributed by atoms with Gasteiger partial charge in [-0.05, 0) is 56.7 Å². The first-order valence-corrected chi connectivity index (χ1v) is 11.4. The number of halogens is 3. The minimum Gasteiger partial charge on any atom is -0.493 e. The van der Waals surface area contributed by atoms with Gasteiger partial charge < -0.3 is 9.84 Å². The molecule has 0 atom stereocenters. The molecule has 1 N–H and O–H groups in total. The number of aliphatic hydroxyl groups excluding tert-OH is 1. The molecule has 3 aromatic rings. The number of carbonyl (C=O) groups excluding carboxylic acids is 1. The van der Waals surface area contributed by atoms with Gasteiger partial charge in [-0.25, -0.2) is 9.67 Å². The van der Waals surface area contributed by atoms with Crippen molar-refractivity contribution in [3.05, 3.63) is 64.4 Å². The molecule has 0 radical (unpaired) electrons. The zero-order chi connectivity index (χ0) is 25.3. The standard InChI is InChI=1S/C25H27F3N4O3/c1-14-8-16(11-29-23(14)17-4-6-19(33)7-5-17)9-21(34)20-13-31-32(15(20)2)24-22(35-3)10-18(12-30-24)25(26,27)28/h8,10-13,17,19,33H,4-7,9H2,1-3H3. The topological polar surface area (TPSA) is 90.1 Å². The van der Waals surface area contributed by atoms with Crippen molar-refractivity contribution in [1.29, 1.82) is 0 Å². The molecule has 186 valence electrons. The summed E-state index contributed by atoms with van der Waals surface area (Å²) in [6, 6.07) is 2.82. The Morgan fingerprint density at radius 3 is 2.46 bits per heavy atom. The van der Waals surface area contributed by atoms with E-state index in [0.717, 1.165) is 48.6 Å². The van der Waals surface area contributed by atoms with E-state index in [1.165, 1.54) is 18.0 Å². The van der Waals surface area contributed by atoms with Crippen LogP contribution in [-0.2, 0) is 12.6 Å². The molecule has 35 heavy (non-hydrogen) atoms. The van der Waals surface area contributed by atoms with Crippen LogP contribution in [0.5, 0.6) is 5.75 Å². The van der Waals surface area contributed by atoms with E-state index in [2.05, 4.69) is 15.1 Å². The van der Waals surface area contributed by atoms with Crippen LogP contribution in [0.2, 0.25) is 0 Å². The summed E-state index contributed by atoms with van der Waals surface area (Å²) in [7, 11) is 1.25. The zero-order valence-corrected chi connectivity index (χ0v) is 19.8. The number of methoxy groups -OCH3 is 1. The zero-order valence-electron chi connectivity index (χ0n) is 19.8. The van der Waals surface area contributed by atoms with Crippen molar-refractivity contribution < 1.29 is 27.8 Å². The van der Waals surface area contributed by atoms with Gasteiger partial charge >= 0.3 is 6.18 Å². The molecule has 10 heteroatoms. The van der Waals surface area contributed by atoms with Crippen molar-refractivity contribution in [2.75, 3.05) is 7.11 Å². The number of aliphatic hydroxyl groups is 1. The van der Waals surface area contributed by atoms with E-state index in [1.54, 1.807) is 13.1 Å². The number of hydrogen-bond donors (Lipinski definition) is 1. The van der Waals surface area contributed by atoms with Crippen molar-refractivity contribution in [3.63, 3.8) is 0 Å². The first kappa shape index (κ1) is 24.8. The van der Waals surface area contributed by atoms with Crippen LogP contribution in [0.25, 0.3) is 5.82 Å². The maximum absolute atomic E-state index is 13.0. The number of ketones is 1. The third kappa shape index (κ3) is 5.22. The maximum atomic E-state index is 13.0. The van der Waals surface area contributed by atoms with Gasteiger partial charge in [0.1, 0.15) is 0 Å². The number of aromatic nitrogens is 4. The average Bonchev–Trinajstić information content (AvgIpc) is 3.20. The smallest absolute Gasteiger partial charge is 0.418 e. The predicted molar refractivity (Wildman–Crippen MR) is 122 cm³/mol. The van der Waals surface area contributed by atoms with Crippen molar-refractivity contribution in [1.82, 2.24) is 19.7 Å². The molecule has 0 saturated heterocycles. The Morgan fingerprint density at radius 1 is 1.11 bits per heavy atom. The monoisotopic (exact) mass is 488 g/mol. The summed E-state index contributed by atoms with van der Waals surface area (Å²) in [6.07, 6.45) is 2.47. The number of aryl methyl sites for hydroxylation is 1. The van der Waals surface area contributed by atoms with Gasteiger partial charge in [0.25, 0.3) is 0 Å². The van der Waals surface area contributed by atoms with Gasteiger partial charge in [-0.15, -0.1) is 0 Å². The number of hydrogen-bond acceptors (Lipinski definition) is 6. The number of alkyl halides is 3. The quantitative estimate of drug-likeness (QED) is 0.504. The van der Waals surface area contributed by atoms with Crippen LogP contribution in [0.4, 0.5) is 13.2 Å². The molecule has 4 rings (SSSR count). The highest BCUT2D eigenvalue weighted by molar-refractivity contribution is 5.98. The van der Waals surface area contributed by atoms with Crippen LogP contribution in [0.1, 0.15) is 70.0 Å². The number of rotatable bonds is 6. The maximum Gasteiger partial charge on any atom is 0.418 e. The highest BCUT2D eigenvalue weighted by Gasteiger charge is 2.32. The van der Waals surface area contributed by atoms with E-state index in [0.29, 0.717) is 23.4 Å². The second-order valence-corrected chi connectivity index (χ2v) is 8.95. The minimum atomic E-state index is -4.56. The van der Waals surface area contributed by atoms with Gasteiger partial charge in [0, 0.05) is 30.4 Å². The van der Waals surface area contributed by atoms with Gasteiger partial charge in [0.15, 0.2) is 17.4 Å². The third-order valence-electron chi connectivity index (χ3n) is 6.51. The molecule has 7 nitrogen and oxygen atoms in total. The predicted octanol–water partition coefficient (Wildman–Crippen LogP) is 4.75. The molecule has 3 aromatic heterocycles. The van der Waals surface area contributed by atoms with Gasteiger partial charge in [-0.1, -0.05) is 6.07 Å². The first-order valence-electron chi connectivity index (χ1n) is 11.4. The lowest BCUT2D eigenvalue weighted by molar-refractivity contribution is -0.137. The van der Waals surface area contributed by atoms with Crippen molar-refractivity contribution in [3.8, 4) is 11.6 Å². The molecule has 1 saturated carbocycles. The van der Waals surface area contributed by atoms with Gasteiger partial charge in [-0.3, -0.25) is 9.78 Å². The van der Waals surface area contributed by atoms with Crippen LogP contribution in [-0.4, -0.2) is 43.9 Å². The number of nitrogens with zero attached hydrogens (tertiary/aromatic N) is 4. The van der Waals surface area contributed by atoms with Crippen LogP contribution in [0.15, 0.2) is 30.7 Å². The molecule has 1 fully saturated rings. The molecule has 0 unspecified atom stereocenters. The van der Waals surface area contributed by atoms with E-state index >= 15 is 0 Å². The molecule has 0 amide bonds. The summed E-state index contributed by atoms with van der Waals surface area (Å²) in [5, 5.41) is 13.9. The molecule has 0 aromatic carbocycles. The summed E-state index contributed by atoms with van der Waals surface area (Å²) < 4.78 is 45.5. The Kier molecular flexibility index (Phi) is 6.93. The van der Waals surface area contributed by atoms with E-state index in [1.807, 2.05) is 13.0 Å². The highest BCUT2D eigenvalue weighted by atomic mass is 19.4. The fraction of sp³-hybridized carbons (Fsp3) is 0.440. The van der Waals surface area contributed by atoms with E-state index in [4.69, 9.17) is 4.74 Å². The molecule has 0 bridgehead atoms. The number of Topliss-reactive ketones (excluding diaryl/α,β-unsaturated/α-hetero) is 1. The Bertz CT molecular complexity index is 1230. The largest absolute Gasteiger partial charge is 0.493 e. The van der Waals surface area contributed by atoms with E-state index in [-0.39, 0.29) is 29.9 Å². The SMILES string of the molecule is COc1cc(C(F)(F)F)cnc1-n1ncc(C(=O)Cc2cnc(C3CCC(O)CC3)c(C)c2)c1C. The van der Waals surface area contributed by atoms with Crippen LogP contribution in [0.3, 0.4) is 0 Å². The Labute approximate surface area is 201 Å². The van der Waals surface area contributed by atoms with Crippen LogP contribution in [0, 0.1) is 13.8 Å². The Balaban J connectivity index is 1.53. The van der Waals surface area contributed by atoms with Gasteiger partial charge in [-0.2, -0.15) is 18.3 Å². The number of carbonyl (C=O) groups is 1. The highest BCUT2D eigenvalue weighted by Crippen LogP contribution is 2.34. The second-order valence-electron chi connectivity index (χ2n) is 8.95. The van der Waals surface area contributed by atoms with E-state index in [9.17, 15) is 23.1 Å². The molecule has 0 aliphatic heterocycles. The Morgan fingerprint density at radius 2 is 1.83 bits per heavy atom. The molecule has 0 spiro atoms. The lowest BCUT2D eigenvalue weighted by atomic mass is 9.83. The van der Waals surface area contributed by atoms with Crippen molar-refractivity contribution >= 4 is 5.78 Å². The van der Waals surface area contributed by atoms with Crippen LogP contribution < -0.4 is 4.74 Å². The van der Waals surface area contributed by atoms with Crippen molar-refractivity contribution in [2.45, 2.75) is 64.1 Å². The van der Waals surface area contributed by atoms with Crippen molar-refractivity contribution in [2.24, 2.45) is 0 Å². The summed E-state index contributed by atoms with van der Waals surface area (Å²) in [5.74, 6) is 0.0939. The molecule has 1 aliphatic carbocycles. The Hall–Kier alpha value is -3.27. The average molecular weight is 489 g/mol. The van der Waals surface area contributed by atoms with E-state index < -0.39 is 11.7 Å². The van der Waals surface area contributed by atoms with Gasteiger partial charge in [0.05, 0.1) is 36.2 Å². The first-order chi connectivity index (χ1) is 16.6. The molecule has 1 aliphatic rings. The molecule has 3 heterocycles. The fourth-order valence-corrected chi connectivity index (χ4v) is 4.60. The minimum absolute atomic E-state index is 0.0662. The number of ether oxygens (including phenoxy) is 1. The fourth-order valence-electron chi connectivity index (χ4n) is 4.60.